The Balaban J connectivity index is 0.000000370. The minimum Gasteiger partial charge on any atom is -0.475 e. The summed E-state index contributed by atoms with van der Waals surface area (Å²) in [6.07, 6.45) is 1.82. The lowest BCUT2D eigenvalue weighted by Crippen LogP contribution is -2.61. The van der Waals surface area contributed by atoms with Crippen LogP contribution in [0.1, 0.15) is 32.1 Å². The molecule has 1 atom stereocenters. The zero-order valence-corrected chi connectivity index (χ0v) is 16.8. The number of aromatic nitrogens is 2. The van der Waals surface area contributed by atoms with Crippen molar-refractivity contribution >= 4 is 21.9 Å². The Bertz CT molecular complexity index is 866. The number of halogens is 3. The SMILES string of the molecule is CN1C(=O)CCCC12CCCN(S(=O)(=O)c1cn(C)cn1)C2.O=C(O)C(F)(F)F. The highest BCUT2D eigenvalue weighted by atomic mass is 32.2. The van der Waals surface area contributed by atoms with Crippen molar-refractivity contribution in [1.82, 2.24) is 18.8 Å². The number of imidazole rings is 1. The Morgan fingerprint density at radius 1 is 1.24 bits per heavy atom. The molecule has 1 amide bonds. The van der Waals surface area contributed by atoms with Crippen LogP contribution in [0, 0.1) is 0 Å². The van der Waals surface area contributed by atoms with E-state index in [9.17, 15) is 26.4 Å². The van der Waals surface area contributed by atoms with Gasteiger partial charge in [-0.25, -0.2) is 18.2 Å². The maximum absolute atomic E-state index is 12.8. The molecule has 1 N–H and O–H groups in total. The van der Waals surface area contributed by atoms with E-state index in [0.29, 0.717) is 19.5 Å². The molecule has 3 rings (SSSR count). The fraction of sp³-hybridized carbons (Fsp3) is 0.688. The first-order valence-corrected chi connectivity index (χ1v) is 10.3. The van der Waals surface area contributed by atoms with Gasteiger partial charge in [0.1, 0.15) is 0 Å². The predicted octanol–water partition coefficient (Wildman–Crippen LogP) is 1.22. The monoisotopic (exact) mass is 440 g/mol. The number of likely N-dealkylation sites (N-methyl/N-ethyl adjacent to an activating group) is 1. The number of likely N-dealkylation sites (tertiary alicyclic amines) is 1. The van der Waals surface area contributed by atoms with E-state index in [1.165, 1.54) is 16.8 Å². The fourth-order valence-corrected chi connectivity index (χ4v) is 5.10. The third-order valence-corrected chi connectivity index (χ3v) is 6.90. The molecule has 9 nitrogen and oxygen atoms in total. The number of hydrogen-bond donors (Lipinski definition) is 1. The lowest BCUT2D eigenvalue weighted by molar-refractivity contribution is -0.192. The van der Waals surface area contributed by atoms with Crippen LogP contribution in [-0.4, -0.2) is 76.0 Å². The molecular weight excluding hydrogens is 417 g/mol. The predicted molar refractivity (Wildman–Crippen MR) is 94.2 cm³/mol. The van der Waals surface area contributed by atoms with Crippen LogP contribution < -0.4 is 0 Å². The second kappa shape index (κ2) is 8.30. The lowest BCUT2D eigenvalue weighted by Gasteiger charge is -2.50. The first-order chi connectivity index (χ1) is 13.3. The number of sulfonamides is 1. The van der Waals surface area contributed by atoms with E-state index < -0.39 is 22.2 Å². The van der Waals surface area contributed by atoms with Gasteiger partial charge in [0.2, 0.25) is 5.91 Å². The highest BCUT2D eigenvalue weighted by Crippen LogP contribution is 2.37. The molecule has 1 aromatic heterocycles. The van der Waals surface area contributed by atoms with Crippen LogP contribution in [-0.2, 0) is 26.7 Å². The molecule has 13 heteroatoms. The summed E-state index contributed by atoms with van der Waals surface area (Å²) in [6, 6.07) is 0. The van der Waals surface area contributed by atoms with Gasteiger partial charge in [0.25, 0.3) is 10.0 Å². The second-order valence-electron chi connectivity index (χ2n) is 7.15. The van der Waals surface area contributed by atoms with Gasteiger partial charge in [-0.15, -0.1) is 0 Å². The van der Waals surface area contributed by atoms with Crippen molar-refractivity contribution in [2.75, 3.05) is 20.1 Å². The molecule has 0 saturated carbocycles. The second-order valence-corrected chi connectivity index (χ2v) is 9.04. The Morgan fingerprint density at radius 3 is 2.34 bits per heavy atom. The van der Waals surface area contributed by atoms with Crippen LogP contribution in [0.15, 0.2) is 17.6 Å². The number of piperidine rings is 2. The summed E-state index contributed by atoms with van der Waals surface area (Å²) in [6.45, 7) is 0.858. The van der Waals surface area contributed by atoms with E-state index in [1.807, 2.05) is 0 Å². The highest BCUT2D eigenvalue weighted by molar-refractivity contribution is 7.89. The maximum Gasteiger partial charge on any atom is 0.490 e. The summed E-state index contributed by atoms with van der Waals surface area (Å²) < 4.78 is 60.4. The van der Waals surface area contributed by atoms with E-state index in [0.717, 1.165) is 25.7 Å². The molecule has 0 radical (unpaired) electrons. The number of amides is 1. The Labute approximate surface area is 166 Å². The number of rotatable bonds is 2. The van der Waals surface area contributed by atoms with Crippen molar-refractivity contribution in [1.29, 1.82) is 0 Å². The minimum atomic E-state index is -5.08. The molecular formula is C16H23F3N4O5S. The van der Waals surface area contributed by atoms with Gasteiger partial charge in [0, 0.05) is 39.8 Å². The minimum absolute atomic E-state index is 0.0804. The molecule has 2 saturated heterocycles. The van der Waals surface area contributed by atoms with Crippen LogP contribution in [0.5, 0.6) is 0 Å². The molecule has 0 aliphatic carbocycles. The van der Waals surface area contributed by atoms with Gasteiger partial charge in [-0.3, -0.25) is 4.79 Å². The Hall–Kier alpha value is -2.15. The zero-order valence-electron chi connectivity index (χ0n) is 16.0. The van der Waals surface area contributed by atoms with Crippen molar-refractivity contribution in [3.63, 3.8) is 0 Å². The summed E-state index contributed by atoms with van der Waals surface area (Å²) in [7, 11) is -0.0428. The highest BCUT2D eigenvalue weighted by Gasteiger charge is 2.46. The van der Waals surface area contributed by atoms with Crippen LogP contribution in [0.25, 0.3) is 0 Å². The normalized spacial score (nSPS) is 23.6. The molecule has 2 aliphatic heterocycles. The molecule has 29 heavy (non-hydrogen) atoms. The zero-order chi connectivity index (χ0) is 22.0. The van der Waals surface area contributed by atoms with Crippen molar-refractivity contribution in [2.24, 2.45) is 7.05 Å². The summed E-state index contributed by atoms with van der Waals surface area (Å²) >= 11 is 0. The average Bonchev–Trinajstić information content (AvgIpc) is 3.07. The van der Waals surface area contributed by atoms with Gasteiger partial charge >= 0.3 is 12.1 Å². The van der Waals surface area contributed by atoms with Gasteiger partial charge in [0.05, 0.1) is 11.9 Å². The number of aliphatic carboxylic acids is 1. The number of aryl methyl sites for hydroxylation is 1. The smallest absolute Gasteiger partial charge is 0.475 e. The van der Waals surface area contributed by atoms with Crippen LogP contribution in [0.2, 0.25) is 0 Å². The van der Waals surface area contributed by atoms with Crippen LogP contribution >= 0.6 is 0 Å². The largest absolute Gasteiger partial charge is 0.490 e. The molecule has 1 aromatic rings. The van der Waals surface area contributed by atoms with Crippen molar-refractivity contribution < 1.29 is 36.3 Å². The number of carboxylic acid groups (broad SMARTS) is 1. The van der Waals surface area contributed by atoms with Gasteiger partial charge in [0.15, 0.2) is 5.03 Å². The van der Waals surface area contributed by atoms with Crippen LogP contribution in [0.4, 0.5) is 13.2 Å². The number of carboxylic acids is 1. The summed E-state index contributed by atoms with van der Waals surface area (Å²) in [5.74, 6) is -2.64. The summed E-state index contributed by atoms with van der Waals surface area (Å²) in [5.41, 5.74) is -0.352. The molecule has 2 fully saturated rings. The maximum atomic E-state index is 12.8. The van der Waals surface area contributed by atoms with Crippen molar-refractivity contribution in [3.05, 3.63) is 12.5 Å². The van der Waals surface area contributed by atoms with E-state index in [2.05, 4.69) is 4.98 Å². The van der Waals surface area contributed by atoms with Crippen LogP contribution in [0.3, 0.4) is 0 Å². The Kier molecular flexibility index (Phi) is 6.62. The molecule has 0 bridgehead atoms. The molecule has 2 aliphatic rings. The standard InChI is InChI=1S/C14H22N4O3S.C2HF3O2/c1-16-9-12(15-11-16)22(20,21)18-8-4-7-14(10-18)6-3-5-13(19)17(14)2;3-2(4,5)1(6)7/h9,11H,3-8,10H2,1-2H3;(H,6,7). The van der Waals surface area contributed by atoms with E-state index in [1.54, 1.807) is 23.6 Å². The number of hydrogen-bond acceptors (Lipinski definition) is 5. The number of nitrogens with zero attached hydrogens (tertiary/aromatic N) is 4. The molecule has 0 aromatic carbocycles. The number of alkyl halides is 3. The molecule has 1 spiro atoms. The number of carbonyl (C=O) groups is 2. The fourth-order valence-electron chi connectivity index (χ4n) is 3.58. The summed E-state index contributed by atoms with van der Waals surface area (Å²) in [4.78, 5) is 26.7. The third kappa shape index (κ3) is 5.07. The van der Waals surface area contributed by atoms with Gasteiger partial charge in [-0.1, -0.05) is 0 Å². The van der Waals surface area contributed by atoms with E-state index in [-0.39, 0.29) is 16.5 Å². The quantitative estimate of drug-likeness (QED) is 0.740. The van der Waals surface area contributed by atoms with Crippen molar-refractivity contribution in [3.8, 4) is 0 Å². The first-order valence-electron chi connectivity index (χ1n) is 8.84. The van der Waals surface area contributed by atoms with Crippen molar-refractivity contribution in [2.45, 2.75) is 48.8 Å². The van der Waals surface area contributed by atoms with Gasteiger partial charge in [-0.05, 0) is 25.7 Å². The lowest BCUT2D eigenvalue weighted by atomic mass is 9.81. The van der Waals surface area contributed by atoms with Gasteiger partial charge in [-0.2, -0.15) is 17.5 Å². The third-order valence-electron chi connectivity index (χ3n) is 5.17. The topological polar surface area (TPSA) is 113 Å². The van der Waals surface area contributed by atoms with E-state index >= 15 is 0 Å². The van der Waals surface area contributed by atoms with Gasteiger partial charge < -0.3 is 14.6 Å². The van der Waals surface area contributed by atoms with E-state index in [4.69, 9.17) is 9.90 Å². The Morgan fingerprint density at radius 2 is 1.83 bits per heavy atom. The summed E-state index contributed by atoms with van der Waals surface area (Å²) in [5, 5.41) is 7.21. The molecule has 3 heterocycles. The average molecular weight is 440 g/mol. The first kappa shape index (κ1) is 23.1. The molecule has 164 valence electrons. The molecule has 1 unspecified atom stereocenters. The number of carbonyl (C=O) groups excluding carboxylic acids is 1.